The molecule has 3 heteroatoms. The van der Waals surface area contributed by atoms with Crippen molar-refractivity contribution in [1.82, 2.24) is 10.3 Å². The van der Waals surface area contributed by atoms with Crippen molar-refractivity contribution in [2.75, 3.05) is 13.1 Å². The Balaban J connectivity index is 2.06. The molecule has 1 atom stereocenters. The van der Waals surface area contributed by atoms with Gasteiger partial charge in [0.15, 0.2) is 0 Å². The molecular formula is C13H20N2O. The van der Waals surface area contributed by atoms with Gasteiger partial charge in [0.25, 0.3) is 0 Å². The third kappa shape index (κ3) is 2.95. The fourth-order valence-electron chi connectivity index (χ4n) is 2.01. The van der Waals surface area contributed by atoms with E-state index in [1.54, 1.807) is 0 Å². The van der Waals surface area contributed by atoms with Gasteiger partial charge >= 0.3 is 0 Å². The Kier molecular flexibility index (Phi) is 3.78. The van der Waals surface area contributed by atoms with Gasteiger partial charge in [-0.25, -0.2) is 4.98 Å². The van der Waals surface area contributed by atoms with Crippen molar-refractivity contribution in [3.05, 3.63) is 23.9 Å². The van der Waals surface area contributed by atoms with E-state index in [0.717, 1.165) is 31.8 Å². The van der Waals surface area contributed by atoms with E-state index in [0.29, 0.717) is 12.0 Å². The molecule has 1 aromatic rings. The van der Waals surface area contributed by atoms with Gasteiger partial charge < -0.3 is 10.1 Å². The third-order valence-electron chi connectivity index (χ3n) is 2.77. The summed E-state index contributed by atoms with van der Waals surface area (Å²) in [5, 5.41) is 3.30. The second-order valence-electron chi connectivity index (χ2n) is 4.80. The van der Waals surface area contributed by atoms with Crippen LogP contribution in [0.25, 0.3) is 0 Å². The standard InChI is InChI=1S/C13H20N2O/c1-10(2)8-11-4-3-6-15-13(11)16-12-5-7-14-9-12/h3-4,6,10,12,14H,5,7-9H2,1-2H3. The van der Waals surface area contributed by atoms with E-state index in [1.165, 1.54) is 5.56 Å². The maximum absolute atomic E-state index is 5.93. The highest BCUT2D eigenvalue weighted by Gasteiger charge is 2.18. The molecule has 1 aliphatic rings. The highest BCUT2D eigenvalue weighted by Crippen LogP contribution is 2.20. The van der Waals surface area contributed by atoms with Crippen molar-refractivity contribution in [3.8, 4) is 5.88 Å². The summed E-state index contributed by atoms with van der Waals surface area (Å²) in [7, 11) is 0. The first-order valence-electron chi connectivity index (χ1n) is 6.07. The van der Waals surface area contributed by atoms with Gasteiger partial charge in [0.05, 0.1) is 0 Å². The number of pyridine rings is 1. The monoisotopic (exact) mass is 220 g/mol. The number of rotatable bonds is 4. The van der Waals surface area contributed by atoms with Crippen LogP contribution < -0.4 is 10.1 Å². The molecule has 88 valence electrons. The second-order valence-corrected chi connectivity index (χ2v) is 4.80. The van der Waals surface area contributed by atoms with Crippen molar-refractivity contribution in [2.45, 2.75) is 32.8 Å². The van der Waals surface area contributed by atoms with Crippen LogP contribution >= 0.6 is 0 Å². The molecule has 0 bridgehead atoms. The summed E-state index contributed by atoms with van der Waals surface area (Å²) in [6.45, 7) is 6.43. The van der Waals surface area contributed by atoms with E-state index in [1.807, 2.05) is 12.3 Å². The molecule has 1 fully saturated rings. The molecule has 2 rings (SSSR count). The molecule has 1 N–H and O–H groups in total. The largest absolute Gasteiger partial charge is 0.473 e. The first-order valence-corrected chi connectivity index (χ1v) is 6.07. The van der Waals surface area contributed by atoms with Crippen LogP contribution in [0.5, 0.6) is 5.88 Å². The summed E-state index contributed by atoms with van der Waals surface area (Å²) in [6.07, 6.45) is 4.21. The van der Waals surface area contributed by atoms with E-state index in [4.69, 9.17) is 4.74 Å². The molecule has 1 saturated heterocycles. The minimum atomic E-state index is 0.292. The van der Waals surface area contributed by atoms with E-state index >= 15 is 0 Å². The molecule has 1 aromatic heterocycles. The molecule has 0 radical (unpaired) electrons. The lowest BCUT2D eigenvalue weighted by atomic mass is 10.0. The maximum Gasteiger partial charge on any atom is 0.216 e. The van der Waals surface area contributed by atoms with E-state index in [2.05, 4.69) is 30.2 Å². The zero-order valence-electron chi connectivity index (χ0n) is 10.1. The summed E-state index contributed by atoms with van der Waals surface area (Å²) in [5.74, 6) is 1.46. The Morgan fingerprint density at radius 2 is 2.44 bits per heavy atom. The van der Waals surface area contributed by atoms with Crippen LogP contribution in [0.1, 0.15) is 25.8 Å². The Bertz CT molecular complexity index is 332. The minimum absolute atomic E-state index is 0.292. The molecule has 1 unspecified atom stereocenters. The van der Waals surface area contributed by atoms with Crippen molar-refractivity contribution in [1.29, 1.82) is 0 Å². The summed E-state index contributed by atoms with van der Waals surface area (Å²) in [5.41, 5.74) is 1.23. The molecule has 16 heavy (non-hydrogen) atoms. The topological polar surface area (TPSA) is 34.1 Å². The molecule has 0 amide bonds. The predicted octanol–water partition coefficient (Wildman–Crippen LogP) is 2.02. The van der Waals surface area contributed by atoms with Crippen molar-refractivity contribution in [2.24, 2.45) is 5.92 Å². The number of ether oxygens (including phenoxy) is 1. The molecule has 2 heterocycles. The Morgan fingerprint density at radius 3 is 3.12 bits per heavy atom. The Hall–Kier alpha value is -1.09. The SMILES string of the molecule is CC(C)Cc1cccnc1OC1CCNC1. The third-order valence-corrected chi connectivity index (χ3v) is 2.77. The smallest absolute Gasteiger partial charge is 0.216 e. The summed E-state index contributed by atoms with van der Waals surface area (Å²) >= 11 is 0. The minimum Gasteiger partial charge on any atom is -0.473 e. The van der Waals surface area contributed by atoms with Crippen LogP contribution in [-0.4, -0.2) is 24.2 Å². The summed E-state index contributed by atoms with van der Waals surface area (Å²) < 4.78 is 5.93. The zero-order chi connectivity index (χ0) is 11.4. The summed E-state index contributed by atoms with van der Waals surface area (Å²) in [6, 6.07) is 4.10. The van der Waals surface area contributed by atoms with Gasteiger partial charge in [-0.05, 0) is 31.4 Å². The van der Waals surface area contributed by atoms with Gasteiger partial charge in [-0.15, -0.1) is 0 Å². The van der Waals surface area contributed by atoms with Crippen LogP contribution in [0.2, 0.25) is 0 Å². The lowest BCUT2D eigenvalue weighted by Crippen LogP contribution is -2.20. The molecule has 0 aliphatic carbocycles. The van der Waals surface area contributed by atoms with Gasteiger partial charge in [0.2, 0.25) is 5.88 Å². The van der Waals surface area contributed by atoms with Gasteiger partial charge in [-0.1, -0.05) is 19.9 Å². The molecule has 3 nitrogen and oxygen atoms in total. The zero-order valence-corrected chi connectivity index (χ0v) is 10.1. The van der Waals surface area contributed by atoms with Gasteiger partial charge in [0.1, 0.15) is 6.10 Å². The number of nitrogens with zero attached hydrogens (tertiary/aromatic N) is 1. The quantitative estimate of drug-likeness (QED) is 0.843. The molecular weight excluding hydrogens is 200 g/mol. The van der Waals surface area contributed by atoms with Gasteiger partial charge in [0, 0.05) is 18.3 Å². The Morgan fingerprint density at radius 1 is 1.56 bits per heavy atom. The molecule has 0 aromatic carbocycles. The average Bonchev–Trinajstić information content (AvgIpc) is 2.73. The lowest BCUT2D eigenvalue weighted by Gasteiger charge is -2.15. The maximum atomic E-state index is 5.93. The average molecular weight is 220 g/mol. The first kappa shape index (κ1) is 11.4. The number of hydrogen-bond donors (Lipinski definition) is 1. The fraction of sp³-hybridized carbons (Fsp3) is 0.615. The molecule has 0 spiro atoms. The van der Waals surface area contributed by atoms with Crippen LogP contribution in [0.3, 0.4) is 0 Å². The predicted molar refractivity (Wildman–Crippen MR) is 64.7 cm³/mol. The second kappa shape index (κ2) is 5.30. The van der Waals surface area contributed by atoms with Crippen molar-refractivity contribution in [3.63, 3.8) is 0 Å². The van der Waals surface area contributed by atoms with Crippen LogP contribution in [0, 0.1) is 5.92 Å². The van der Waals surface area contributed by atoms with Crippen molar-refractivity contribution >= 4 is 0 Å². The van der Waals surface area contributed by atoms with Crippen LogP contribution in [0.4, 0.5) is 0 Å². The fourth-order valence-corrected chi connectivity index (χ4v) is 2.01. The lowest BCUT2D eigenvalue weighted by molar-refractivity contribution is 0.211. The number of hydrogen-bond acceptors (Lipinski definition) is 3. The van der Waals surface area contributed by atoms with Crippen molar-refractivity contribution < 1.29 is 4.74 Å². The molecule has 1 aliphatic heterocycles. The first-order chi connectivity index (χ1) is 7.75. The van der Waals surface area contributed by atoms with E-state index in [-0.39, 0.29) is 0 Å². The normalized spacial score (nSPS) is 20.3. The van der Waals surface area contributed by atoms with E-state index < -0.39 is 0 Å². The number of aromatic nitrogens is 1. The van der Waals surface area contributed by atoms with Crippen LogP contribution in [-0.2, 0) is 6.42 Å². The van der Waals surface area contributed by atoms with Crippen LogP contribution in [0.15, 0.2) is 18.3 Å². The van der Waals surface area contributed by atoms with E-state index in [9.17, 15) is 0 Å². The number of nitrogens with one attached hydrogen (secondary N) is 1. The molecule has 0 saturated carbocycles. The Labute approximate surface area is 97.2 Å². The highest BCUT2D eigenvalue weighted by atomic mass is 16.5. The van der Waals surface area contributed by atoms with Gasteiger partial charge in [-0.3, -0.25) is 0 Å². The summed E-state index contributed by atoms with van der Waals surface area (Å²) in [4.78, 5) is 4.35. The van der Waals surface area contributed by atoms with Gasteiger partial charge in [-0.2, -0.15) is 0 Å². The highest BCUT2D eigenvalue weighted by molar-refractivity contribution is 5.26.